The van der Waals surface area contributed by atoms with Gasteiger partial charge in [0.1, 0.15) is 22.7 Å². The lowest BCUT2D eigenvalue weighted by molar-refractivity contribution is 0.0205. The largest absolute Gasteiger partial charge is 0.481 e. The van der Waals surface area contributed by atoms with Crippen LogP contribution in [0, 0.1) is 59.1 Å². The Morgan fingerprint density at radius 2 is 0.924 bits per heavy atom. The van der Waals surface area contributed by atoms with E-state index in [9.17, 15) is 37.7 Å². The van der Waals surface area contributed by atoms with Gasteiger partial charge in [0.2, 0.25) is 0 Å². The number of nitrogens with zero attached hydrogens (tertiary/aromatic N) is 4. The predicted octanol–water partition coefficient (Wildman–Crippen LogP) is 13.7. The topological polar surface area (TPSA) is 109 Å². The molecule has 6 aliphatic rings. The summed E-state index contributed by atoms with van der Waals surface area (Å²) < 4.78 is 72.2. The fraction of sp³-hybridized carbons (Fsp3) is 0.231. The van der Waals surface area contributed by atoms with E-state index in [1.807, 2.05) is 24.3 Å². The van der Waals surface area contributed by atoms with E-state index in [-0.39, 0.29) is 44.5 Å². The van der Waals surface area contributed by atoms with Gasteiger partial charge in [0.05, 0.1) is 35.0 Å². The summed E-state index contributed by atoms with van der Waals surface area (Å²) in [5.41, 5.74) is 1.18. The van der Waals surface area contributed by atoms with Gasteiger partial charge in [-0.25, -0.2) is 37.8 Å². The molecule has 0 unspecified atom stereocenters. The molecule has 0 bridgehead atoms. The van der Waals surface area contributed by atoms with Crippen LogP contribution in [-0.4, -0.2) is 11.6 Å². The average molecular weight is 915 g/mol. The third kappa shape index (κ3) is 6.02. The molecule has 0 N–H and O–H groups in total. The quantitative estimate of drug-likeness (QED) is 0.0755. The Morgan fingerprint density at radius 3 is 1.27 bits per heavy atom. The number of allylic oxidation sites excluding steroid dienone is 6. The summed E-state index contributed by atoms with van der Waals surface area (Å²) in [4.78, 5) is 37.2. The monoisotopic (exact) mass is 914 g/mol. The Bertz CT molecular complexity index is 3160. The van der Waals surface area contributed by atoms with E-state index in [4.69, 9.17) is 22.6 Å². The molecular weight excluding hydrogens is 885 g/mol. The second-order valence-electron chi connectivity index (χ2n) is 17.2. The number of hydrogen-bond donors (Lipinski definition) is 0. The van der Waals surface area contributed by atoms with Gasteiger partial charge in [0.15, 0.2) is 34.8 Å². The highest BCUT2D eigenvalue weighted by molar-refractivity contribution is 7.17. The highest BCUT2D eigenvalue weighted by Gasteiger charge is 2.48. The second-order valence-corrected chi connectivity index (χ2v) is 19.4. The minimum atomic E-state index is -1.22. The zero-order chi connectivity index (χ0) is 45.8. The zero-order valence-electron chi connectivity index (χ0n) is 34.6. The van der Waals surface area contributed by atoms with Crippen LogP contribution in [0.25, 0.3) is 53.9 Å². The van der Waals surface area contributed by atoms with Crippen LogP contribution in [0.15, 0.2) is 71.1 Å². The number of hydrogen-bond acceptors (Lipinski definition) is 8. The lowest BCUT2D eigenvalue weighted by Crippen LogP contribution is -2.40. The highest BCUT2D eigenvalue weighted by Crippen LogP contribution is 2.61. The third-order valence-corrected chi connectivity index (χ3v) is 15.8. The number of thiophene rings is 2. The first-order chi connectivity index (χ1) is 31.9. The number of ether oxygens (including phenoxy) is 2. The molecule has 0 radical (unpaired) electrons. The number of carbonyl (C=O) groups excluding carboxylic acids is 2. The van der Waals surface area contributed by atoms with Crippen molar-refractivity contribution in [1.82, 2.24) is 0 Å². The van der Waals surface area contributed by atoms with Crippen LogP contribution in [0.1, 0.15) is 117 Å². The molecule has 14 heteroatoms. The van der Waals surface area contributed by atoms with Gasteiger partial charge >= 0.3 is 0 Å². The minimum absolute atomic E-state index is 0.0172. The molecule has 66 heavy (non-hydrogen) atoms. The van der Waals surface area contributed by atoms with Crippen molar-refractivity contribution in [2.45, 2.75) is 75.4 Å². The molecule has 3 aromatic carbocycles. The normalized spacial score (nSPS) is 20.7. The molecule has 2 aromatic heterocycles. The van der Waals surface area contributed by atoms with Crippen LogP contribution in [0.2, 0.25) is 0 Å². The Balaban J connectivity index is 1.08. The van der Waals surface area contributed by atoms with E-state index in [1.165, 1.54) is 22.7 Å². The Morgan fingerprint density at radius 1 is 0.561 bits per heavy atom. The first kappa shape index (κ1) is 41.4. The van der Waals surface area contributed by atoms with Crippen molar-refractivity contribution in [1.29, 1.82) is 10.5 Å². The van der Waals surface area contributed by atoms with Gasteiger partial charge in [-0.15, -0.1) is 22.7 Å². The number of halogens is 4. The van der Waals surface area contributed by atoms with Gasteiger partial charge in [-0.3, -0.25) is 9.59 Å². The van der Waals surface area contributed by atoms with Gasteiger partial charge in [0.25, 0.3) is 11.4 Å². The van der Waals surface area contributed by atoms with E-state index < -0.39 is 57.4 Å². The van der Waals surface area contributed by atoms with Crippen LogP contribution in [-0.2, 0) is 11.2 Å². The maximum absolute atomic E-state index is 14.6. The summed E-state index contributed by atoms with van der Waals surface area (Å²) >= 11 is 2.73. The SMILES string of the molecule is [C-]#[N+]C(C#N)=C1/C(=C/c2cc3c(s2)-c2cc4c(cc2C2(CCCCC2)O3)-c2sc(/C=C3\C(=O)c5cc(F)c(F)cc5\C3=C(\C#N)[N+]#[C-])cc2OC42CCCCC2)C(=O)c2cc(F)c(F)cc21. The molecule has 2 aliphatic heterocycles. The van der Waals surface area contributed by atoms with Crippen LogP contribution in [0.5, 0.6) is 11.5 Å². The van der Waals surface area contributed by atoms with E-state index in [0.29, 0.717) is 21.3 Å². The second kappa shape index (κ2) is 15.1. The summed E-state index contributed by atoms with van der Waals surface area (Å²) in [5, 5.41) is 19.8. The van der Waals surface area contributed by atoms with Crippen molar-refractivity contribution in [2.24, 2.45) is 0 Å². The standard InChI is InChI=1S/C52H30F4N4O4S2/c1-59-41(23-57)45-27-19-37(53)39(55)21-29(27)47(61)33(45)13-25-15-43-49(65-25)31-17-36-32(18-35(31)51(63-43)9-5-3-6-10-51)50-44(64-52(36)11-7-4-8-12-52)16-26(66-50)14-34-46(42(24-58)60-2)28-20-38(54)40(56)22-30(28)48(34)62/h13-22H,3-12H2/b33-13-,34-14-,45-41+,46-42?. The number of Topliss-reactive ketones (excluding diaryl/α,β-unsaturated/α-hetero) is 2. The van der Waals surface area contributed by atoms with E-state index in [0.717, 1.165) is 120 Å². The number of carbonyl (C=O) groups is 2. The summed E-state index contributed by atoms with van der Waals surface area (Å²) in [7, 11) is 0. The van der Waals surface area contributed by atoms with Crippen molar-refractivity contribution in [3.05, 3.63) is 160 Å². The molecule has 4 aliphatic carbocycles. The van der Waals surface area contributed by atoms with Gasteiger partial charge in [0, 0.05) is 65.4 Å². The number of ketones is 2. The van der Waals surface area contributed by atoms with Crippen molar-refractivity contribution >= 4 is 57.5 Å². The van der Waals surface area contributed by atoms with Crippen LogP contribution >= 0.6 is 22.7 Å². The van der Waals surface area contributed by atoms with Crippen LogP contribution in [0.4, 0.5) is 17.6 Å². The first-order valence-corrected chi connectivity index (χ1v) is 23.0. The maximum atomic E-state index is 14.6. The number of nitriles is 2. The molecule has 0 amide bonds. The molecule has 0 saturated heterocycles. The Labute approximate surface area is 383 Å². The number of fused-ring (bicyclic) bond motifs is 10. The van der Waals surface area contributed by atoms with Gasteiger partial charge < -0.3 is 9.47 Å². The molecule has 4 heterocycles. The van der Waals surface area contributed by atoms with Crippen molar-refractivity contribution in [3.8, 4) is 44.5 Å². The summed E-state index contributed by atoms with van der Waals surface area (Å²) in [6.45, 7) is 15.4. The molecule has 2 fully saturated rings. The van der Waals surface area contributed by atoms with E-state index in [2.05, 4.69) is 21.8 Å². The Hall–Kier alpha value is -7.36. The lowest BCUT2D eigenvalue weighted by atomic mass is 9.71. The molecular formula is C52H30F4N4O4S2. The molecule has 5 aromatic rings. The van der Waals surface area contributed by atoms with Crippen LogP contribution in [0.3, 0.4) is 0 Å². The van der Waals surface area contributed by atoms with Gasteiger partial charge in [-0.1, -0.05) is 12.8 Å². The molecule has 2 spiro atoms. The Kier molecular flexibility index (Phi) is 9.46. The highest BCUT2D eigenvalue weighted by atomic mass is 32.1. The first-order valence-electron chi connectivity index (χ1n) is 21.3. The van der Waals surface area contributed by atoms with Crippen molar-refractivity contribution < 1.29 is 36.6 Å². The third-order valence-electron chi connectivity index (χ3n) is 13.7. The summed E-state index contributed by atoms with van der Waals surface area (Å²) in [6.07, 6.45) is 11.8. The molecule has 2 saturated carbocycles. The predicted molar refractivity (Wildman–Crippen MR) is 239 cm³/mol. The zero-order valence-corrected chi connectivity index (χ0v) is 36.2. The summed E-state index contributed by atoms with van der Waals surface area (Å²) in [5.74, 6) is -4.88. The van der Waals surface area contributed by atoms with Gasteiger partial charge in [-0.2, -0.15) is 0 Å². The average Bonchev–Trinajstić information content (AvgIpc) is 4.05. The van der Waals surface area contributed by atoms with Gasteiger partial charge in [-0.05, 0) is 123 Å². The molecule has 322 valence electrons. The van der Waals surface area contributed by atoms with Crippen molar-refractivity contribution in [2.75, 3.05) is 0 Å². The number of rotatable bonds is 2. The van der Waals surface area contributed by atoms with E-state index >= 15 is 0 Å². The number of benzene rings is 3. The fourth-order valence-corrected chi connectivity index (χ4v) is 12.9. The van der Waals surface area contributed by atoms with E-state index in [1.54, 1.807) is 12.2 Å². The fourth-order valence-electron chi connectivity index (χ4n) is 10.7. The maximum Gasteiger partial charge on any atom is 0.270 e. The molecule has 0 atom stereocenters. The molecule has 11 rings (SSSR count). The molecule has 8 nitrogen and oxygen atoms in total. The lowest BCUT2D eigenvalue weighted by Gasteiger charge is -2.45. The minimum Gasteiger partial charge on any atom is -0.481 e. The smallest absolute Gasteiger partial charge is 0.270 e. The van der Waals surface area contributed by atoms with Crippen molar-refractivity contribution in [3.63, 3.8) is 0 Å². The summed E-state index contributed by atoms with van der Waals surface area (Å²) in [6, 6.07) is 15.1. The van der Waals surface area contributed by atoms with Crippen LogP contribution < -0.4 is 9.47 Å².